The van der Waals surface area contributed by atoms with Gasteiger partial charge in [-0.15, -0.1) is 11.3 Å². The SMILES string of the molecule is NC(=O)[C@@H]1CC(C(=O)NCc2cccs2)=NN1c1ccccc1. The Morgan fingerprint density at radius 3 is 2.70 bits per heavy atom. The Morgan fingerprint density at radius 2 is 2.04 bits per heavy atom. The third-order valence-electron chi connectivity index (χ3n) is 3.52. The molecule has 2 aromatic rings. The summed E-state index contributed by atoms with van der Waals surface area (Å²) in [5, 5.41) is 10.6. The molecular formula is C16H16N4O2S. The summed E-state index contributed by atoms with van der Waals surface area (Å²) in [5.74, 6) is -0.776. The van der Waals surface area contributed by atoms with Crippen LogP contribution in [0.1, 0.15) is 11.3 Å². The van der Waals surface area contributed by atoms with Crippen LogP contribution >= 0.6 is 11.3 Å². The number of hydrazone groups is 1. The fraction of sp³-hybridized carbons (Fsp3) is 0.188. The maximum absolute atomic E-state index is 12.3. The van der Waals surface area contributed by atoms with Crippen LogP contribution in [0.5, 0.6) is 0 Å². The van der Waals surface area contributed by atoms with Crippen LogP contribution in [0, 0.1) is 0 Å². The summed E-state index contributed by atoms with van der Waals surface area (Å²) >= 11 is 1.57. The van der Waals surface area contributed by atoms with Gasteiger partial charge in [0.15, 0.2) is 0 Å². The molecular weight excluding hydrogens is 312 g/mol. The van der Waals surface area contributed by atoms with Crippen molar-refractivity contribution in [3.05, 3.63) is 52.7 Å². The van der Waals surface area contributed by atoms with Crippen LogP contribution in [0.4, 0.5) is 5.69 Å². The molecule has 6 nitrogen and oxygen atoms in total. The molecule has 3 rings (SSSR count). The zero-order chi connectivity index (χ0) is 16.2. The zero-order valence-corrected chi connectivity index (χ0v) is 13.1. The molecule has 0 fully saturated rings. The Kier molecular flexibility index (Phi) is 4.38. The predicted octanol–water partition coefficient (Wildman–Crippen LogP) is 1.48. The first-order chi connectivity index (χ1) is 11.1. The molecule has 0 spiro atoms. The van der Waals surface area contributed by atoms with E-state index in [-0.39, 0.29) is 12.3 Å². The van der Waals surface area contributed by atoms with Crippen molar-refractivity contribution in [2.24, 2.45) is 10.8 Å². The number of para-hydroxylation sites is 1. The summed E-state index contributed by atoms with van der Waals surface area (Å²) in [6, 6.07) is 12.5. The molecule has 1 aromatic heterocycles. The highest BCUT2D eigenvalue weighted by Gasteiger charge is 2.34. The van der Waals surface area contributed by atoms with E-state index in [0.717, 1.165) is 10.6 Å². The number of anilines is 1. The van der Waals surface area contributed by atoms with Crippen LogP contribution in [-0.4, -0.2) is 23.6 Å². The number of carbonyl (C=O) groups excluding carboxylic acids is 2. The van der Waals surface area contributed by atoms with Crippen LogP contribution in [0.2, 0.25) is 0 Å². The van der Waals surface area contributed by atoms with Crippen LogP contribution in [0.25, 0.3) is 0 Å². The van der Waals surface area contributed by atoms with Gasteiger partial charge >= 0.3 is 0 Å². The maximum Gasteiger partial charge on any atom is 0.267 e. The molecule has 0 bridgehead atoms. The van der Waals surface area contributed by atoms with E-state index in [0.29, 0.717) is 12.3 Å². The fourth-order valence-corrected chi connectivity index (χ4v) is 3.01. The molecule has 1 atom stereocenters. The smallest absolute Gasteiger partial charge is 0.267 e. The highest BCUT2D eigenvalue weighted by Crippen LogP contribution is 2.24. The van der Waals surface area contributed by atoms with Crippen LogP contribution in [-0.2, 0) is 16.1 Å². The van der Waals surface area contributed by atoms with Crippen molar-refractivity contribution >= 4 is 34.6 Å². The minimum absolute atomic E-state index is 0.209. The largest absolute Gasteiger partial charge is 0.368 e. The number of benzene rings is 1. The molecule has 1 aliphatic rings. The van der Waals surface area contributed by atoms with Crippen molar-refractivity contribution in [3.8, 4) is 0 Å². The number of thiophene rings is 1. The van der Waals surface area contributed by atoms with E-state index in [1.165, 1.54) is 5.01 Å². The molecule has 0 unspecified atom stereocenters. The summed E-state index contributed by atoms with van der Waals surface area (Å²) in [5.41, 5.74) is 6.50. The summed E-state index contributed by atoms with van der Waals surface area (Å²) in [6.45, 7) is 0.447. The number of nitrogens with zero attached hydrogens (tertiary/aromatic N) is 2. The molecule has 0 aliphatic carbocycles. The second-order valence-corrected chi connectivity index (χ2v) is 6.14. The first-order valence-corrected chi connectivity index (χ1v) is 8.05. The van der Waals surface area contributed by atoms with Crippen LogP contribution < -0.4 is 16.1 Å². The van der Waals surface area contributed by atoms with E-state index in [1.54, 1.807) is 11.3 Å². The standard InChI is InChI=1S/C16H16N4O2S/c17-15(21)14-9-13(16(22)18-10-12-7-4-8-23-12)19-20(14)11-5-2-1-3-6-11/h1-8,14H,9-10H2,(H2,17,21)(H,18,22)/t14-/m0/s1. The average Bonchev–Trinajstić information content (AvgIpc) is 3.23. The third-order valence-corrected chi connectivity index (χ3v) is 4.40. The lowest BCUT2D eigenvalue weighted by Crippen LogP contribution is -2.39. The number of rotatable bonds is 5. The van der Waals surface area contributed by atoms with Gasteiger partial charge in [0.05, 0.1) is 12.2 Å². The van der Waals surface area contributed by atoms with E-state index in [4.69, 9.17) is 5.73 Å². The zero-order valence-electron chi connectivity index (χ0n) is 12.3. The molecule has 2 heterocycles. The Labute approximate surface area is 137 Å². The molecule has 2 amide bonds. The van der Waals surface area contributed by atoms with Crippen molar-refractivity contribution in [3.63, 3.8) is 0 Å². The van der Waals surface area contributed by atoms with Crippen molar-refractivity contribution in [2.75, 3.05) is 5.01 Å². The molecule has 3 N–H and O–H groups in total. The van der Waals surface area contributed by atoms with Gasteiger partial charge in [0.25, 0.3) is 5.91 Å². The van der Waals surface area contributed by atoms with Gasteiger partial charge in [0.1, 0.15) is 11.8 Å². The number of nitrogens with one attached hydrogen (secondary N) is 1. The van der Waals surface area contributed by atoms with Gasteiger partial charge in [-0.05, 0) is 23.6 Å². The van der Waals surface area contributed by atoms with Gasteiger partial charge in [-0.2, -0.15) is 5.10 Å². The third kappa shape index (κ3) is 3.40. The molecule has 7 heteroatoms. The van der Waals surface area contributed by atoms with E-state index >= 15 is 0 Å². The minimum Gasteiger partial charge on any atom is -0.368 e. The lowest BCUT2D eigenvalue weighted by molar-refractivity contribution is -0.119. The topological polar surface area (TPSA) is 87.8 Å². The summed E-state index contributed by atoms with van der Waals surface area (Å²) in [7, 11) is 0. The fourth-order valence-electron chi connectivity index (χ4n) is 2.37. The van der Waals surface area contributed by atoms with Crippen molar-refractivity contribution < 1.29 is 9.59 Å². The average molecular weight is 328 g/mol. The van der Waals surface area contributed by atoms with Crippen LogP contribution in [0.15, 0.2) is 52.9 Å². The van der Waals surface area contributed by atoms with Crippen molar-refractivity contribution in [1.82, 2.24) is 5.32 Å². The first kappa shape index (κ1) is 15.2. The van der Waals surface area contributed by atoms with Crippen molar-refractivity contribution in [1.29, 1.82) is 0 Å². The number of amides is 2. The molecule has 0 radical (unpaired) electrons. The molecule has 118 valence electrons. The normalized spacial score (nSPS) is 17.0. The Hall–Kier alpha value is -2.67. The molecule has 1 aliphatic heterocycles. The van der Waals surface area contributed by atoms with Crippen molar-refractivity contribution in [2.45, 2.75) is 19.0 Å². The van der Waals surface area contributed by atoms with Gasteiger partial charge in [0.2, 0.25) is 5.91 Å². The number of carbonyl (C=O) groups is 2. The predicted molar refractivity (Wildman–Crippen MR) is 90.1 cm³/mol. The second kappa shape index (κ2) is 6.62. The minimum atomic E-state index is -0.639. The Morgan fingerprint density at radius 1 is 1.26 bits per heavy atom. The quantitative estimate of drug-likeness (QED) is 0.871. The van der Waals surface area contributed by atoms with Gasteiger partial charge in [0, 0.05) is 11.3 Å². The monoisotopic (exact) mass is 328 g/mol. The van der Waals surface area contributed by atoms with E-state index in [2.05, 4.69) is 10.4 Å². The number of nitrogens with two attached hydrogens (primary N) is 1. The number of hydrogen-bond acceptors (Lipinski definition) is 5. The van der Waals surface area contributed by atoms with E-state index < -0.39 is 11.9 Å². The number of hydrogen-bond donors (Lipinski definition) is 2. The van der Waals surface area contributed by atoms with Gasteiger partial charge in [-0.25, -0.2) is 0 Å². The second-order valence-electron chi connectivity index (χ2n) is 5.11. The van der Waals surface area contributed by atoms with E-state index in [9.17, 15) is 9.59 Å². The van der Waals surface area contributed by atoms with Gasteiger partial charge in [-0.3, -0.25) is 14.6 Å². The molecule has 23 heavy (non-hydrogen) atoms. The van der Waals surface area contributed by atoms with Crippen LogP contribution in [0.3, 0.4) is 0 Å². The lowest BCUT2D eigenvalue weighted by atomic mass is 10.1. The molecule has 0 saturated heterocycles. The summed E-state index contributed by atoms with van der Waals surface area (Å²) < 4.78 is 0. The summed E-state index contributed by atoms with van der Waals surface area (Å²) in [4.78, 5) is 25.0. The lowest BCUT2D eigenvalue weighted by Gasteiger charge is -2.20. The Balaban J connectivity index is 1.74. The molecule has 1 aromatic carbocycles. The van der Waals surface area contributed by atoms with Gasteiger partial charge < -0.3 is 11.1 Å². The number of primary amides is 1. The van der Waals surface area contributed by atoms with Gasteiger partial charge in [-0.1, -0.05) is 24.3 Å². The highest BCUT2D eigenvalue weighted by molar-refractivity contribution is 7.09. The summed E-state index contributed by atoms with van der Waals surface area (Å²) in [6.07, 6.45) is 0.209. The first-order valence-electron chi connectivity index (χ1n) is 7.17. The Bertz CT molecular complexity index is 728. The molecule has 0 saturated carbocycles. The van der Waals surface area contributed by atoms with E-state index in [1.807, 2.05) is 47.8 Å². The highest BCUT2D eigenvalue weighted by atomic mass is 32.1. The maximum atomic E-state index is 12.3.